The second kappa shape index (κ2) is 3.32. The Morgan fingerprint density at radius 3 is 2.57 bits per heavy atom. The summed E-state index contributed by atoms with van der Waals surface area (Å²) >= 11 is 0. The van der Waals surface area contributed by atoms with Gasteiger partial charge in [0.05, 0.1) is 6.08 Å². The van der Waals surface area contributed by atoms with Gasteiger partial charge in [-0.3, -0.25) is 0 Å². The molecule has 0 aliphatic carbocycles. The fraction of sp³-hybridized carbons (Fsp3) is 0.200. The Hall–Kier alpha value is -0.880. The standard InChI is InChI=1S/C5H5NO/c1-5(6)3-2-4-7/h6H,1,3H2. The lowest BCUT2D eigenvalue weighted by Crippen LogP contribution is -1.83. The topological polar surface area (TPSA) is 40.9 Å². The Labute approximate surface area is 42.4 Å². The molecule has 0 saturated carbocycles. The summed E-state index contributed by atoms with van der Waals surface area (Å²) in [6.45, 7) is 3.22. The molecule has 0 aromatic heterocycles. The van der Waals surface area contributed by atoms with Gasteiger partial charge in [0.15, 0.2) is 0 Å². The lowest BCUT2D eigenvalue weighted by Gasteiger charge is -1.77. The van der Waals surface area contributed by atoms with Gasteiger partial charge in [0.2, 0.25) is 0 Å². The van der Waals surface area contributed by atoms with Crippen molar-refractivity contribution in [3.8, 4) is 0 Å². The smallest absolute Gasteiger partial charge is 0.129 e. The van der Waals surface area contributed by atoms with Gasteiger partial charge in [0.25, 0.3) is 0 Å². The molecule has 0 heterocycles. The van der Waals surface area contributed by atoms with Gasteiger partial charge in [-0.25, -0.2) is 4.79 Å². The normalized spacial score (nSPS) is 7.00. The zero-order chi connectivity index (χ0) is 5.70. The summed E-state index contributed by atoms with van der Waals surface area (Å²) in [7, 11) is 0. The summed E-state index contributed by atoms with van der Waals surface area (Å²) in [4.78, 5) is 9.35. The summed E-state index contributed by atoms with van der Waals surface area (Å²) in [6.07, 6.45) is 2.35. The first kappa shape index (κ1) is 6.12. The van der Waals surface area contributed by atoms with Crippen molar-refractivity contribution in [2.24, 2.45) is 0 Å². The van der Waals surface area contributed by atoms with Crippen LogP contribution in [0.15, 0.2) is 0 Å². The van der Waals surface area contributed by atoms with Crippen LogP contribution < -0.4 is 0 Å². The molecule has 0 atom stereocenters. The van der Waals surface area contributed by atoms with E-state index in [1.807, 2.05) is 0 Å². The van der Waals surface area contributed by atoms with Crippen LogP contribution in [-0.2, 0) is 4.79 Å². The summed E-state index contributed by atoms with van der Waals surface area (Å²) in [5, 5.41) is 6.65. The van der Waals surface area contributed by atoms with Crippen molar-refractivity contribution in [1.82, 2.24) is 0 Å². The van der Waals surface area contributed by atoms with Crippen LogP contribution in [0.3, 0.4) is 0 Å². The second-order valence-electron chi connectivity index (χ2n) is 1.06. The minimum atomic E-state index is 0.184. The van der Waals surface area contributed by atoms with Gasteiger partial charge in [0, 0.05) is 12.1 Å². The van der Waals surface area contributed by atoms with E-state index in [0.29, 0.717) is 0 Å². The van der Waals surface area contributed by atoms with E-state index in [-0.39, 0.29) is 12.1 Å². The molecule has 2 heteroatoms. The van der Waals surface area contributed by atoms with Crippen molar-refractivity contribution in [3.63, 3.8) is 0 Å². The molecule has 0 aromatic rings. The van der Waals surface area contributed by atoms with E-state index >= 15 is 0 Å². The highest BCUT2D eigenvalue weighted by Gasteiger charge is 1.78. The van der Waals surface area contributed by atoms with Crippen LogP contribution in [0.1, 0.15) is 6.42 Å². The van der Waals surface area contributed by atoms with Crippen molar-refractivity contribution < 1.29 is 4.79 Å². The fourth-order valence-electron chi connectivity index (χ4n) is 0.143. The van der Waals surface area contributed by atoms with E-state index in [1.165, 1.54) is 5.94 Å². The third kappa shape index (κ3) is 5.12. The van der Waals surface area contributed by atoms with Gasteiger partial charge < -0.3 is 5.41 Å². The molecule has 2 radical (unpaired) electrons. The van der Waals surface area contributed by atoms with Crippen LogP contribution in [0.4, 0.5) is 0 Å². The Balaban J connectivity index is 3.32. The Morgan fingerprint density at radius 1 is 1.86 bits per heavy atom. The van der Waals surface area contributed by atoms with Crippen LogP contribution in [0, 0.1) is 18.4 Å². The quantitative estimate of drug-likeness (QED) is 0.392. The third-order valence-electron chi connectivity index (χ3n) is 0.374. The molecular formula is C5H5NO. The maximum Gasteiger partial charge on any atom is 0.129 e. The zero-order valence-electron chi connectivity index (χ0n) is 3.82. The van der Waals surface area contributed by atoms with Crippen LogP contribution >= 0.6 is 0 Å². The molecular weight excluding hydrogens is 90.1 g/mol. The molecule has 0 bridgehead atoms. The third-order valence-corrected chi connectivity index (χ3v) is 0.374. The number of hydrogen-bond acceptors (Lipinski definition) is 2. The fourth-order valence-corrected chi connectivity index (χ4v) is 0.143. The molecule has 2 nitrogen and oxygen atoms in total. The summed E-state index contributed by atoms with van der Waals surface area (Å²) in [6, 6.07) is 0. The number of nitrogens with one attached hydrogen (secondary N) is 1. The van der Waals surface area contributed by atoms with E-state index in [1.54, 1.807) is 0 Å². The average molecular weight is 95.1 g/mol. The van der Waals surface area contributed by atoms with Crippen LogP contribution in [0.5, 0.6) is 0 Å². The predicted octanol–water partition coefficient (Wildman–Crippen LogP) is 0.421. The molecule has 0 spiro atoms. The van der Waals surface area contributed by atoms with Crippen LogP contribution in [0.25, 0.3) is 0 Å². The van der Waals surface area contributed by atoms with Gasteiger partial charge in [-0.15, -0.1) is 0 Å². The molecule has 1 N–H and O–H groups in total. The highest BCUT2D eigenvalue weighted by atomic mass is 16.1. The summed E-state index contributed by atoms with van der Waals surface area (Å²) in [5.74, 6) is 1.42. The van der Waals surface area contributed by atoms with Gasteiger partial charge >= 0.3 is 0 Å². The molecule has 36 valence electrons. The van der Waals surface area contributed by atoms with Crippen LogP contribution in [0.2, 0.25) is 0 Å². The maximum absolute atomic E-state index is 9.35. The number of carbonyl (C=O) groups excluding carboxylic acids is 1. The van der Waals surface area contributed by atoms with Crippen molar-refractivity contribution in [2.45, 2.75) is 6.42 Å². The Kier molecular flexibility index (Phi) is 2.90. The van der Waals surface area contributed by atoms with E-state index in [2.05, 4.69) is 13.0 Å². The zero-order valence-corrected chi connectivity index (χ0v) is 3.82. The van der Waals surface area contributed by atoms with Gasteiger partial charge in [-0.05, 0) is 6.92 Å². The molecule has 0 aromatic carbocycles. The first-order valence-corrected chi connectivity index (χ1v) is 1.76. The number of rotatable bonds is 2. The Bertz CT molecular complexity index is 111. The molecule has 7 heavy (non-hydrogen) atoms. The second-order valence-corrected chi connectivity index (χ2v) is 1.06. The highest BCUT2D eigenvalue weighted by molar-refractivity contribution is 5.86. The minimum Gasteiger partial charge on any atom is -0.309 e. The Morgan fingerprint density at radius 2 is 2.43 bits per heavy atom. The van der Waals surface area contributed by atoms with Gasteiger partial charge in [-0.2, -0.15) is 0 Å². The number of hydrogen-bond donors (Lipinski definition) is 1. The largest absolute Gasteiger partial charge is 0.309 e. The van der Waals surface area contributed by atoms with E-state index < -0.39 is 0 Å². The van der Waals surface area contributed by atoms with E-state index in [4.69, 9.17) is 5.41 Å². The molecule has 0 amide bonds. The summed E-state index contributed by atoms with van der Waals surface area (Å²) in [5.41, 5.74) is 0.184. The lowest BCUT2D eigenvalue weighted by atomic mass is 10.3. The monoisotopic (exact) mass is 95.0 g/mol. The average Bonchev–Trinajstić information content (AvgIpc) is 1.61. The van der Waals surface area contributed by atoms with E-state index in [0.717, 1.165) is 0 Å². The van der Waals surface area contributed by atoms with Crippen LogP contribution in [-0.4, -0.2) is 11.7 Å². The lowest BCUT2D eigenvalue weighted by molar-refractivity contribution is 0.567. The molecule has 0 aliphatic heterocycles. The highest BCUT2D eigenvalue weighted by Crippen LogP contribution is 1.75. The maximum atomic E-state index is 9.35. The molecule has 0 fully saturated rings. The SMILES string of the molecule is [CH2]C(=N)C[C]=C=O. The van der Waals surface area contributed by atoms with Crippen molar-refractivity contribution in [3.05, 3.63) is 13.0 Å². The molecule has 0 aliphatic rings. The summed E-state index contributed by atoms with van der Waals surface area (Å²) < 4.78 is 0. The van der Waals surface area contributed by atoms with Gasteiger partial charge in [-0.1, -0.05) is 0 Å². The molecule has 0 rings (SSSR count). The first-order valence-electron chi connectivity index (χ1n) is 1.76. The molecule has 0 unspecified atom stereocenters. The minimum absolute atomic E-state index is 0.184. The first-order chi connectivity index (χ1) is 3.27. The van der Waals surface area contributed by atoms with E-state index in [9.17, 15) is 4.79 Å². The van der Waals surface area contributed by atoms with Crippen molar-refractivity contribution >= 4 is 11.7 Å². The number of allylic oxidation sites excluding steroid dienone is 1. The molecule has 0 saturated heterocycles. The van der Waals surface area contributed by atoms with Gasteiger partial charge in [0.1, 0.15) is 5.94 Å². The van der Waals surface area contributed by atoms with Crippen molar-refractivity contribution in [1.29, 1.82) is 5.41 Å². The van der Waals surface area contributed by atoms with Crippen molar-refractivity contribution in [2.75, 3.05) is 0 Å². The predicted molar refractivity (Wildman–Crippen MR) is 26.6 cm³/mol.